The number of nitrogens with one attached hydrogen (secondary N) is 2. The van der Waals surface area contributed by atoms with Gasteiger partial charge < -0.3 is 14.8 Å². The Hall–Kier alpha value is -5.36. The fourth-order valence-electron chi connectivity index (χ4n) is 5.05. The smallest absolute Gasteiger partial charge is 0.337 e. The van der Waals surface area contributed by atoms with Crippen LogP contribution in [0, 0.1) is 13.8 Å². The number of rotatable bonds is 10. The number of thioether (sulfide) groups is 1. The maximum absolute atomic E-state index is 13.4. The zero-order valence-corrected chi connectivity index (χ0v) is 29.5. The van der Waals surface area contributed by atoms with Gasteiger partial charge in [0.2, 0.25) is 5.88 Å². The predicted octanol–water partition coefficient (Wildman–Crippen LogP) is 6.74. The average Bonchev–Trinajstić information content (AvgIpc) is 3.51. The van der Waals surface area contributed by atoms with Crippen molar-refractivity contribution in [2.75, 3.05) is 18.7 Å². The van der Waals surface area contributed by atoms with E-state index in [4.69, 9.17) is 14.6 Å². The molecule has 2 aromatic heterocycles. The molecule has 2 N–H and O–H groups in total. The number of urea groups is 1. The number of ether oxygens (including phenoxy) is 2. The summed E-state index contributed by atoms with van der Waals surface area (Å²) < 4.78 is 14.1. The third-order valence-electron chi connectivity index (χ3n) is 7.85. The Balaban J connectivity index is 1.30. The van der Waals surface area contributed by atoms with Crippen LogP contribution in [-0.2, 0) is 23.3 Å². The van der Waals surface area contributed by atoms with Crippen LogP contribution in [0.15, 0.2) is 88.8 Å². The minimum Gasteiger partial charge on any atom is -0.473 e. The van der Waals surface area contributed by atoms with E-state index in [0.29, 0.717) is 22.2 Å². The first kappa shape index (κ1) is 35.0. The molecule has 0 saturated carbocycles. The van der Waals surface area contributed by atoms with Crippen molar-refractivity contribution in [3.63, 3.8) is 0 Å². The van der Waals surface area contributed by atoms with Gasteiger partial charge in [-0.3, -0.25) is 14.7 Å². The second-order valence-electron chi connectivity index (χ2n) is 12.5. The molecule has 12 heteroatoms. The lowest BCUT2D eigenvalue weighted by Crippen LogP contribution is -2.29. The van der Waals surface area contributed by atoms with Crippen LogP contribution in [0.3, 0.4) is 0 Å². The molecule has 0 radical (unpaired) electrons. The predicted molar refractivity (Wildman–Crippen MR) is 191 cm³/mol. The lowest BCUT2D eigenvalue weighted by Gasteiger charge is -2.16. The molecule has 11 nitrogen and oxygen atoms in total. The molecule has 0 bridgehead atoms. The van der Waals surface area contributed by atoms with Crippen LogP contribution in [0.2, 0.25) is 0 Å². The van der Waals surface area contributed by atoms with Gasteiger partial charge >= 0.3 is 12.0 Å². The van der Waals surface area contributed by atoms with E-state index in [2.05, 4.69) is 36.4 Å². The molecule has 0 atom stereocenters. The van der Waals surface area contributed by atoms with E-state index in [1.807, 2.05) is 74.7 Å². The summed E-state index contributed by atoms with van der Waals surface area (Å²) in [7, 11) is 1.31. The number of benzene rings is 3. The van der Waals surface area contributed by atoms with Gasteiger partial charge in [0.05, 0.1) is 35.8 Å². The summed E-state index contributed by atoms with van der Waals surface area (Å²) in [6.07, 6.45) is 1.81. The monoisotopic (exact) mass is 680 g/mol. The van der Waals surface area contributed by atoms with Crippen molar-refractivity contribution in [1.82, 2.24) is 24.6 Å². The van der Waals surface area contributed by atoms with Gasteiger partial charge in [0.1, 0.15) is 12.4 Å². The summed E-state index contributed by atoms with van der Waals surface area (Å²) in [5, 5.41) is 11.1. The van der Waals surface area contributed by atoms with Crippen LogP contribution in [-0.4, -0.2) is 44.7 Å². The molecule has 49 heavy (non-hydrogen) atoms. The van der Waals surface area contributed by atoms with Gasteiger partial charge in [-0.25, -0.2) is 14.3 Å². The second kappa shape index (κ2) is 14.8. The number of methoxy groups -OCH3 is 1. The summed E-state index contributed by atoms with van der Waals surface area (Å²) in [6, 6.07) is 23.4. The summed E-state index contributed by atoms with van der Waals surface area (Å²) in [5.74, 6) is 0.217. The minimum atomic E-state index is -0.498. The number of amides is 2. The average molecular weight is 681 g/mol. The van der Waals surface area contributed by atoms with Gasteiger partial charge in [-0.2, -0.15) is 10.1 Å². The number of aromatic nitrogens is 4. The summed E-state index contributed by atoms with van der Waals surface area (Å²) in [6.45, 7) is 10.5. The zero-order valence-electron chi connectivity index (χ0n) is 28.7. The van der Waals surface area contributed by atoms with Gasteiger partial charge in [0.25, 0.3) is 5.56 Å². The molecule has 0 aliphatic carbocycles. The maximum Gasteiger partial charge on any atom is 0.337 e. The number of carbonyl (C=O) groups is 2. The highest BCUT2D eigenvalue weighted by atomic mass is 32.2. The molecule has 2 heterocycles. The van der Waals surface area contributed by atoms with E-state index in [9.17, 15) is 14.4 Å². The number of anilines is 1. The van der Waals surface area contributed by atoms with Crippen LogP contribution in [0.5, 0.6) is 5.88 Å². The summed E-state index contributed by atoms with van der Waals surface area (Å²) >= 11 is 1.28. The third-order valence-corrected chi connectivity index (χ3v) is 8.49. The lowest BCUT2D eigenvalue weighted by molar-refractivity contribution is 0.0600. The standard InChI is InChI=1S/C37H40N6O5S/c1-23-12-16-28(17-13-23)43-31(19-30(41-43)37(3,4)5)39-35(46)38-21-26-10-8-9-11-27(26)22-48-32-20-33(44)42(36(40-32)49-7)29-18-25(34(45)47-6)15-14-24(29)2/h8-20H,21-22H2,1-7H3,(H2,38,39,46). The first-order valence-corrected chi connectivity index (χ1v) is 16.9. The highest BCUT2D eigenvalue weighted by Crippen LogP contribution is 2.27. The molecule has 5 aromatic rings. The quantitative estimate of drug-likeness (QED) is 0.0943. The van der Waals surface area contributed by atoms with Gasteiger partial charge in [0.15, 0.2) is 5.16 Å². The van der Waals surface area contributed by atoms with Crippen molar-refractivity contribution in [2.45, 2.75) is 58.3 Å². The first-order valence-electron chi connectivity index (χ1n) is 15.7. The molecule has 0 fully saturated rings. The molecule has 0 unspecified atom stereocenters. The van der Waals surface area contributed by atoms with Crippen molar-refractivity contribution in [3.05, 3.63) is 123 Å². The normalized spacial score (nSPS) is 11.2. The minimum absolute atomic E-state index is 0.121. The van der Waals surface area contributed by atoms with Gasteiger partial charge in [0, 0.05) is 18.0 Å². The fourth-order valence-corrected chi connectivity index (χ4v) is 5.60. The number of aryl methyl sites for hydroxylation is 2. The fraction of sp³-hybridized carbons (Fsp3) is 0.270. The molecular formula is C37H40N6O5S. The zero-order chi connectivity index (χ0) is 35.3. The van der Waals surface area contributed by atoms with Gasteiger partial charge in [-0.15, -0.1) is 0 Å². The largest absolute Gasteiger partial charge is 0.473 e. The molecule has 254 valence electrons. The Morgan fingerprint density at radius 2 is 1.65 bits per heavy atom. The Morgan fingerprint density at radius 3 is 2.33 bits per heavy atom. The number of hydrogen-bond donors (Lipinski definition) is 2. The molecule has 2 amide bonds. The second-order valence-corrected chi connectivity index (χ2v) is 13.3. The van der Waals surface area contributed by atoms with E-state index < -0.39 is 5.97 Å². The number of hydrogen-bond acceptors (Lipinski definition) is 8. The number of esters is 1. The van der Waals surface area contributed by atoms with Gasteiger partial charge in [-0.1, -0.05) is 80.6 Å². The molecule has 3 aromatic carbocycles. The van der Waals surface area contributed by atoms with E-state index >= 15 is 0 Å². The maximum atomic E-state index is 13.4. The summed E-state index contributed by atoms with van der Waals surface area (Å²) in [5.41, 5.74) is 5.56. The number of carbonyl (C=O) groups excluding carboxylic acids is 2. The molecule has 0 spiro atoms. The molecular weight excluding hydrogens is 641 g/mol. The molecule has 5 rings (SSSR count). The Morgan fingerprint density at radius 1 is 0.939 bits per heavy atom. The van der Waals surface area contributed by atoms with E-state index in [-0.39, 0.29) is 36.0 Å². The first-order chi connectivity index (χ1) is 23.4. The van der Waals surface area contributed by atoms with Crippen LogP contribution < -0.4 is 20.9 Å². The van der Waals surface area contributed by atoms with Crippen molar-refractivity contribution < 1.29 is 19.1 Å². The Kier molecular flexibility index (Phi) is 10.6. The van der Waals surface area contributed by atoms with Crippen LogP contribution in [0.25, 0.3) is 11.4 Å². The lowest BCUT2D eigenvalue weighted by atomic mass is 9.92. The highest BCUT2D eigenvalue weighted by molar-refractivity contribution is 7.98. The van der Waals surface area contributed by atoms with Crippen molar-refractivity contribution >= 4 is 29.6 Å². The van der Waals surface area contributed by atoms with Crippen LogP contribution >= 0.6 is 11.8 Å². The molecule has 0 saturated heterocycles. The Bertz CT molecular complexity index is 2050. The molecule has 0 aliphatic rings. The van der Waals surface area contributed by atoms with Crippen molar-refractivity contribution in [3.8, 4) is 17.3 Å². The third kappa shape index (κ3) is 8.21. The van der Waals surface area contributed by atoms with Crippen molar-refractivity contribution in [1.29, 1.82) is 0 Å². The van der Waals surface area contributed by atoms with Crippen LogP contribution in [0.4, 0.5) is 10.6 Å². The van der Waals surface area contributed by atoms with Crippen LogP contribution in [0.1, 0.15) is 59.1 Å². The number of nitrogens with zero attached hydrogens (tertiary/aromatic N) is 4. The highest BCUT2D eigenvalue weighted by Gasteiger charge is 2.22. The molecule has 0 aliphatic heterocycles. The van der Waals surface area contributed by atoms with E-state index in [1.165, 1.54) is 29.5 Å². The summed E-state index contributed by atoms with van der Waals surface area (Å²) in [4.78, 5) is 43.3. The topological polar surface area (TPSA) is 129 Å². The van der Waals surface area contributed by atoms with E-state index in [1.54, 1.807) is 22.9 Å². The van der Waals surface area contributed by atoms with E-state index in [0.717, 1.165) is 33.6 Å². The Labute approximate surface area is 289 Å². The van der Waals surface area contributed by atoms with Gasteiger partial charge in [-0.05, 0) is 61.1 Å². The van der Waals surface area contributed by atoms with Crippen molar-refractivity contribution in [2.24, 2.45) is 0 Å². The SMILES string of the molecule is COC(=O)c1ccc(C)c(-n2c(SC)nc(OCc3ccccc3CNC(=O)Nc3cc(C(C)(C)C)nn3-c3ccc(C)cc3)cc2=O)c1.